The molecule has 0 bridgehead atoms. The molecule has 3 nitrogen and oxygen atoms in total. The summed E-state index contributed by atoms with van der Waals surface area (Å²) in [5.74, 6) is 2.09. The predicted molar refractivity (Wildman–Crippen MR) is 78.6 cm³/mol. The van der Waals surface area contributed by atoms with E-state index in [9.17, 15) is 0 Å². The van der Waals surface area contributed by atoms with E-state index in [1.165, 1.54) is 38.5 Å². The van der Waals surface area contributed by atoms with Crippen molar-refractivity contribution in [1.29, 1.82) is 0 Å². The van der Waals surface area contributed by atoms with Crippen LogP contribution in [0.5, 0.6) is 0 Å². The van der Waals surface area contributed by atoms with Gasteiger partial charge in [0.1, 0.15) is 11.6 Å². The maximum absolute atomic E-state index is 6.00. The first kappa shape index (κ1) is 13.8. The molecule has 0 saturated heterocycles. The van der Waals surface area contributed by atoms with Gasteiger partial charge in [-0.1, -0.05) is 39.0 Å². The number of hydrogen-bond donors (Lipinski definition) is 1. The minimum atomic E-state index is 0.513. The van der Waals surface area contributed by atoms with Gasteiger partial charge in [0.25, 0.3) is 0 Å². The van der Waals surface area contributed by atoms with Crippen LogP contribution in [0.4, 0.5) is 5.82 Å². The summed E-state index contributed by atoms with van der Waals surface area (Å²) in [4.78, 5) is 9.25. The van der Waals surface area contributed by atoms with Gasteiger partial charge in [-0.05, 0) is 35.2 Å². The fourth-order valence-electron chi connectivity index (χ4n) is 2.66. The van der Waals surface area contributed by atoms with Gasteiger partial charge < -0.3 is 5.73 Å². The number of nitrogen functional groups attached to an aromatic ring is 1. The molecule has 2 N–H and O–H groups in total. The van der Waals surface area contributed by atoms with Crippen LogP contribution in [0.1, 0.15) is 69.3 Å². The summed E-state index contributed by atoms with van der Waals surface area (Å²) >= 11 is 3.50. The van der Waals surface area contributed by atoms with Gasteiger partial charge in [-0.3, -0.25) is 0 Å². The van der Waals surface area contributed by atoms with Crippen LogP contribution in [0.25, 0.3) is 0 Å². The molecule has 0 radical (unpaired) electrons. The van der Waals surface area contributed by atoms with Gasteiger partial charge in [0.2, 0.25) is 0 Å². The van der Waals surface area contributed by atoms with Crippen molar-refractivity contribution in [2.45, 2.75) is 64.2 Å². The van der Waals surface area contributed by atoms with E-state index >= 15 is 0 Å². The zero-order chi connectivity index (χ0) is 13.0. The van der Waals surface area contributed by atoms with Gasteiger partial charge in [-0.25, -0.2) is 9.97 Å². The van der Waals surface area contributed by atoms with Crippen molar-refractivity contribution in [2.75, 3.05) is 5.73 Å². The molecule has 0 aliphatic heterocycles. The Bertz CT molecular complexity index is 398. The van der Waals surface area contributed by atoms with Crippen LogP contribution in [0.15, 0.2) is 4.47 Å². The Kier molecular flexibility index (Phi) is 4.98. The lowest BCUT2D eigenvalue weighted by Gasteiger charge is -2.15. The van der Waals surface area contributed by atoms with E-state index in [1.807, 2.05) is 0 Å². The highest BCUT2D eigenvalue weighted by Crippen LogP contribution is 2.32. The van der Waals surface area contributed by atoms with Crippen molar-refractivity contribution < 1.29 is 0 Å². The summed E-state index contributed by atoms with van der Waals surface area (Å²) in [7, 11) is 0. The van der Waals surface area contributed by atoms with Crippen molar-refractivity contribution in [3.63, 3.8) is 0 Å². The largest absolute Gasteiger partial charge is 0.383 e. The molecule has 1 aromatic heterocycles. The Morgan fingerprint density at radius 3 is 2.44 bits per heavy atom. The van der Waals surface area contributed by atoms with Gasteiger partial charge in [0.05, 0.1) is 10.2 Å². The van der Waals surface area contributed by atoms with Crippen molar-refractivity contribution in [1.82, 2.24) is 9.97 Å². The van der Waals surface area contributed by atoms with Crippen LogP contribution in [-0.4, -0.2) is 9.97 Å². The monoisotopic (exact) mass is 311 g/mol. The average Bonchev–Trinajstić information content (AvgIpc) is 2.63. The van der Waals surface area contributed by atoms with E-state index in [1.54, 1.807) is 0 Å². The topological polar surface area (TPSA) is 51.8 Å². The molecule has 2 rings (SSSR count). The lowest BCUT2D eigenvalue weighted by Crippen LogP contribution is -2.09. The van der Waals surface area contributed by atoms with E-state index in [4.69, 9.17) is 10.7 Å². The fraction of sp³-hybridized carbons (Fsp3) is 0.714. The van der Waals surface area contributed by atoms with Crippen molar-refractivity contribution in [3.8, 4) is 0 Å². The summed E-state index contributed by atoms with van der Waals surface area (Å²) in [5.41, 5.74) is 7.07. The fourth-order valence-corrected chi connectivity index (χ4v) is 3.03. The third-order valence-corrected chi connectivity index (χ3v) is 4.53. The Morgan fingerprint density at radius 1 is 1.17 bits per heavy atom. The maximum Gasteiger partial charge on any atom is 0.141 e. The second-order valence-corrected chi connectivity index (χ2v) is 5.96. The molecule has 1 heterocycles. The Hall–Kier alpha value is -0.640. The third kappa shape index (κ3) is 3.22. The van der Waals surface area contributed by atoms with Crippen LogP contribution < -0.4 is 5.73 Å². The van der Waals surface area contributed by atoms with Gasteiger partial charge in [0.15, 0.2) is 0 Å². The molecule has 1 saturated carbocycles. The second-order valence-electron chi connectivity index (χ2n) is 5.17. The van der Waals surface area contributed by atoms with Crippen molar-refractivity contribution in [3.05, 3.63) is 16.0 Å². The predicted octanol–water partition coefficient (Wildman–Crippen LogP) is 4.21. The van der Waals surface area contributed by atoms with Gasteiger partial charge in [-0.2, -0.15) is 0 Å². The van der Waals surface area contributed by atoms with Gasteiger partial charge >= 0.3 is 0 Å². The smallest absolute Gasteiger partial charge is 0.141 e. The van der Waals surface area contributed by atoms with Gasteiger partial charge in [-0.15, -0.1) is 0 Å². The van der Waals surface area contributed by atoms with Crippen molar-refractivity contribution in [2.24, 2.45) is 0 Å². The summed E-state index contributed by atoms with van der Waals surface area (Å²) in [6, 6.07) is 0. The lowest BCUT2D eigenvalue weighted by molar-refractivity contribution is 0.557. The highest BCUT2D eigenvalue weighted by molar-refractivity contribution is 9.10. The number of nitrogens with zero attached hydrogens (tertiary/aromatic N) is 2. The zero-order valence-electron chi connectivity index (χ0n) is 11.1. The maximum atomic E-state index is 6.00. The first-order valence-corrected chi connectivity index (χ1v) is 7.83. The van der Waals surface area contributed by atoms with Crippen LogP contribution >= 0.6 is 15.9 Å². The zero-order valence-corrected chi connectivity index (χ0v) is 12.7. The molecule has 1 aliphatic rings. The van der Waals surface area contributed by atoms with Gasteiger partial charge in [0, 0.05) is 5.92 Å². The molecule has 100 valence electrons. The Morgan fingerprint density at radius 2 is 1.83 bits per heavy atom. The summed E-state index contributed by atoms with van der Waals surface area (Å²) in [5, 5.41) is 0. The molecule has 1 fully saturated rings. The van der Waals surface area contributed by atoms with Crippen LogP contribution in [-0.2, 0) is 6.42 Å². The summed E-state index contributed by atoms with van der Waals surface area (Å²) in [6.07, 6.45) is 9.78. The molecule has 0 spiro atoms. The number of halogens is 1. The lowest BCUT2D eigenvalue weighted by atomic mass is 9.99. The van der Waals surface area contributed by atoms with E-state index in [0.717, 1.165) is 28.8 Å². The van der Waals surface area contributed by atoms with E-state index in [0.29, 0.717) is 11.7 Å². The normalized spacial score (nSPS) is 17.7. The molecule has 0 amide bonds. The molecule has 0 aromatic carbocycles. The average molecular weight is 312 g/mol. The number of aryl methyl sites for hydroxylation is 1. The minimum Gasteiger partial charge on any atom is -0.383 e. The van der Waals surface area contributed by atoms with Crippen LogP contribution in [0.3, 0.4) is 0 Å². The van der Waals surface area contributed by atoms with Crippen molar-refractivity contribution >= 4 is 21.7 Å². The van der Waals surface area contributed by atoms with E-state index < -0.39 is 0 Å². The highest BCUT2D eigenvalue weighted by Gasteiger charge is 2.19. The molecular weight excluding hydrogens is 290 g/mol. The minimum absolute atomic E-state index is 0.513. The molecule has 4 heteroatoms. The SMILES string of the molecule is CCCc1nc(C2CCCCCC2)nc(N)c1Br. The van der Waals surface area contributed by atoms with E-state index in [-0.39, 0.29) is 0 Å². The third-order valence-electron chi connectivity index (χ3n) is 3.67. The highest BCUT2D eigenvalue weighted by atomic mass is 79.9. The number of hydrogen-bond acceptors (Lipinski definition) is 3. The van der Waals surface area contributed by atoms with Crippen LogP contribution in [0.2, 0.25) is 0 Å². The van der Waals surface area contributed by atoms with E-state index in [2.05, 4.69) is 27.8 Å². The number of anilines is 1. The standard InChI is InChI=1S/C14H22BrN3/c1-2-7-11-12(15)13(16)18-14(17-11)10-8-5-3-4-6-9-10/h10H,2-9H2,1H3,(H2,16,17,18). The number of rotatable bonds is 3. The molecule has 18 heavy (non-hydrogen) atoms. The first-order valence-electron chi connectivity index (χ1n) is 7.04. The Balaban J connectivity index is 2.26. The molecule has 1 aliphatic carbocycles. The van der Waals surface area contributed by atoms with Crippen LogP contribution in [0, 0.1) is 0 Å². The first-order chi connectivity index (χ1) is 8.72. The molecular formula is C14H22BrN3. The number of aromatic nitrogens is 2. The second kappa shape index (κ2) is 6.50. The molecule has 0 atom stereocenters. The molecule has 0 unspecified atom stereocenters. The summed E-state index contributed by atoms with van der Waals surface area (Å²) in [6.45, 7) is 2.16. The molecule has 1 aromatic rings. The Labute approximate surface area is 118 Å². The quantitative estimate of drug-likeness (QED) is 0.851. The number of nitrogens with two attached hydrogens (primary N) is 1. The summed E-state index contributed by atoms with van der Waals surface area (Å²) < 4.78 is 0.890.